The predicted octanol–water partition coefficient (Wildman–Crippen LogP) is 1.56. The summed E-state index contributed by atoms with van der Waals surface area (Å²) in [6.07, 6.45) is 0.318. The molecular formula is C6H10BF3NS-. The third-order valence-electron chi connectivity index (χ3n) is 2.46. The molecule has 0 radical (unpaired) electrons. The molecule has 0 aromatic heterocycles. The Morgan fingerprint density at radius 2 is 2.17 bits per heavy atom. The van der Waals surface area contributed by atoms with Gasteiger partial charge in [0, 0.05) is 23.6 Å². The minimum atomic E-state index is -4.61. The Hall–Kier alpha value is 0.165. The van der Waals surface area contributed by atoms with Crippen LogP contribution in [0.1, 0.15) is 6.42 Å². The monoisotopic (exact) mass is 196 g/mol. The molecular weight excluding hydrogens is 186 g/mol. The molecule has 2 atom stereocenters. The van der Waals surface area contributed by atoms with E-state index in [9.17, 15) is 12.9 Å². The Morgan fingerprint density at radius 1 is 1.42 bits per heavy atom. The van der Waals surface area contributed by atoms with Gasteiger partial charge in [-0.2, -0.15) is 11.8 Å². The highest BCUT2D eigenvalue weighted by Crippen LogP contribution is 2.37. The SMILES string of the molecule is F[B-](F)(F)CN1CC2CC1CS2. The maximum atomic E-state index is 12.0. The van der Waals surface area contributed by atoms with Gasteiger partial charge in [0.05, 0.1) is 0 Å². The van der Waals surface area contributed by atoms with E-state index >= 15 is 0 Å². The zero-order chi connectivity index (χ0) is 8.77. The molecule has 2 aliphatic heterocycles. The van der Waals surface area contributed by atoms with Gasteiger partial charge in [0.2, 0.25) is 0 Å². The molecule has 2 unspecified atom stereocenters. The largest absolute Gasteiger partial charge is 0.492 e. The predicted molar refractivity (Wildman–Crippen MR) is 45.3 cm³/mol. The normalized spacial score (nSPS) is 36.2. The fraction of sp³-hybridized carbons (Fsp3) is 1.00. The first-order valence-corrected chi connectivity index (χ1v) is 5.16. The average Bonchev–Trinajstić information content (AvgIpc) is 2.42. The summed E-state index contributed by atoms with van der Waals surface area (Å²) in [6, 6.07) is 0.212. The highest BCUT2D eigenvalue weighted by Gasteiger charge is 2.41. The highest BCUT2D eigenvalue weighted by atomic mass is 32.2. The summed E-state index contributed by atoms with van der Waals surface area (Å²) in [4.78, 5) is 1.60. The minimum Gasteiger partial charge on any atom is -0.448 e. The van der Waals surface area contributed by atoms with Gasteiger partial charge in [-0.05, 0) is 12.9 Å². The number of hydrogen-bond donors (Lipinski definition) is 0. The van der Waals surface area contributed by atoms with Crippen LogP contribution in [0.2, 0.25) is 0 Å². The van der Waals surface area contributed by atoms with Gasteiger partial charge >= 0.3 is 6.98 Å². The Kier molecular flexibility index (Phi) is 2.07. The second-order valence-corrected chi connectivity index (χ2v) is 4.84. The van der Waals surface area contributed by atoms with Crippen molar-refractivity contribution < 1.29 is 12.9 Å². The minimum absolute atomic E-state index is 0.212. The Morgan fingerprint density at radius 3 is 2.58 bits per heavy atom. The topological polar surface area (TPSA) is 3.24 Å². The Bertz CT molecular complexity index is 186. The second kappa shape index (κ2) is 2.84. The molecule has 70 valence electrons. The van der Waals surface area contributed by atoms with Gasteiger partial charge in [-0.3, -0.25) is 0 Å². The standard InChI is InChI=1S/C6H10BF3NS/c8-7(9,10)4-11-2-6-1-5(11)3-12-6/h5-6H,1-4H2/q-1. The van der Waals surface area contributed by atoms with E-state index in [1.165, 1.54) is 0 Å². The number of likely N-dealkylation sites (tertiary alicyclic amines) is 1. The first-order chi connectivity index (χ1) is 5.54. The van der Waals surface area contributed by atoms with Crippen molar-refractivity contribution in [3.8, 4) is 0 Å². The lowest BCUT2D eigenvalue weighted by Crippen LogP contribution is -2.43. The quantitative estimate of drug-likeness (QED) is 0.616. The molecule has 0 aliphatic carbocycles. The number of thioether (sulfide) groups is 1. The summed E-state index contributed by atoms with van der Waals surface area (Å²) >= 11 is 1.82. The fourth-order valence-corrected chi connectivity index (χ4v) is 3.46. The maximum absolute atomic E-state index is 12.0. The average molecular weight is 196 g/mol. The molecule has 12 heavy (non-hydrogen) atoms. The van der Waals surface area contributed by atoms with Crippen molar-refractivity contribution >= 4 is 18.7 Å². The number of hydrogen-bond acceptors (Lipinski definition) is 2. The van der Waals surface area contributed by atoms with Gasteiger partial charge in [-0.25, -0.2) is 0 Å². The summed E-state index contributed by atoms with van der Waals surface area (Å²) in [5, 5.41) is 0.480. The van der Waals surface area contributed by atoms with E-state index in [-0.39, 0.29) is 6.04 Å². The van der Waals surface area contributed by atoms with Gasteiger partial charge in [-0.15, -0.1) is 0 Å². The van der Waals surface area contributed by atoms with Crippen LogP contribution in [0.15, 0.2) is 0 Å². The van der Waals surface area contributed by atoms with Crippen LogP contribution in [0.3, 0.4) is 0 Å². The molecule has 0 N–H and O–H groups in total. The number of fused-ring (bicyclic) bond motifs is 2. The third kappa shape index (κ3) is 1.74. The van der Waals surface area contributed by atoms with Crippen molar-refractivity contribution in [2.75, 3.05) is 18.7 Å². The molecule has 2 fully saturated rings. The fourth-order valence-electron chi connectivity index (χ4n) is 1.97. The van der Waals surface area contributed by atoms with E-state index < -0.39 is 13.4 Å². The van der Waals surface area contributed by atoms with Crippen LogP contribution in [-0.2, 0) is 0 Å². The van der Waals surface area contributed by atoms with E-state index in [0.29, 0.717) is 11.8 Å². The van der Waals surface area contributed by atoms with E-state index in [0.717, 1.165) is 12.2 Å². The molecule has 6 heteroatoms. The van der Waals surface area contributed by atoms with Crippen LogP contribution >= 0.6 is 11.8 Å². The van der Waals surface area contributed by atoms with Crippen molar-refractivity contribution in [3.05, 3.63) is 0 Å². The van der Waals surface area contributed by atoms with Crippen LogP contribution in [0, 0.1) is 0 Å². The van der Waals surface area contributed by atoms with Gasteiger partial charge in [0.25, 0.3) is 0 Å². The Labute approximate surface area is 73.7 Å². The molecule has 0 spiro atoms. The number of nitrogens with zero attached hydrogens (tertiary/aromatic N) is 1. The van der Waals surface area contributed by atoms with Crippen molar-refractivity contribution in [2.45, 2.75) is 17.7 Å². The molecule has 0 aromatic rings. The lowest BCUT2D eigenvalue weighted by Gasteiger charge is -2.30. The molecule has 2 aliphatic rings. The highest BCUT2D eigenvalue weighted by molar-refractivity contribution is 8.00. The van der Waals surface area contributed by atoms with Crippen LogP contribution < -0.4 is 0 Å². The summed E-state index contributed by atoms with van der Waals surface area (Å²) in [7, 11) is 0. The molecule has 2 saturated heterocycles. The molecule has 2 rings (SSSR count). The summed E-state index contributed by atoms with van der Waals surface area (Å²) in [5.41, 5.74) is 0. The molecule has 0 amide bonds. The van der Waals surface area contributed by atoms with E-state index in [1.54, 1.807) is 4.90 Å². The van der Waals surface area contributed by atoms with Crippen molar-refractivity contribution in [1.82, 2.24) is 4.90 Å². The van der Waals surface area contributed by atoms with Gasteiger partial charge in [-0.1, -0.05) is 0 Å². The summed E-state index contributed by atoms with van der Waals surface area (Å²) in [6.45, 7) is -3.97. The molecule has 2 bridgehead atoms. The summed E-state index contributed by atoms with van der Waals surface area (Å²) in [5.74, 6) is 0.900. The summed E-state index contributed by atoms with van der Waals surface area (Å²) < 4.78 is 36.1. The third-order valence-corrected chi connectivity index (χ3v) is 3.85. The van der Waals surface area contributed by atoms with Crippen LogP contribution in [-0.4, -0.2) is 41.9 Å². The first kappa shape index (κ1) is 8.75. The van der Waals surface area contributed by atoms with E-state index in [1.807, 2.05) is 11.8 Å². The first-order valence-electron chi connectivity index (χ1n) is 4.11. The maximum Gasteiger partial charge on any atom is 0.492 e. The molecule has 1 nitrogen and oxygen atoms in total. The van der Waals surface area contributed by atoms with Crippen LogP contribution in [0.25, 0.3) is 0 Å². The van der Waals surface area contributed by atoms with Crippen LogP contribution in [0.5, 0.6) is 0 Å². The number of rotatable bonds is 2. The van der Waals surface area contributed by atoms with Crippen molar-refractivity contribution in [2.24, 2.45) is 0 Å². The molecule has 0 aromatic carbocycles. The molecule has 0 saturated carbocycles. The van der Waals surface area contributed by atoms with E-state index in [2.05, 4.69) is 0 Å². The van der Waals surface area contributed by atoms with Crippen molar-refractivity contribution in [1.29, 1.82) is 0 Å². The lowest BCUT2D eigenvalue weighted by atomic mass is 9.91. The van der Waals surface area contributed by atoms with Gasteiger partial charge < -0.3 is 17.8 Å². The van der Waals surface area contributed by atoms with E-state index in [4.69, 9.17) is 0 Å². The number of halogens is 3. The van der Waals surface area contributed by atoms with Crippen molar-refractivity contribution in [3.63, 3.8) is 0 Å². The lowest BCUT2D eigenvalue weighted by molar-refractivity contribution is 0.274. The van der Waals surface area contributed by atoms with Gasteiger partial charge in [0.1, 0.15) is 0 Å². The van der Waals surface area contributed by atoms with Gasteiger partial charge in [0.15, 0.2) is 0 Å². The van der Waals surface area contributed by atoms with Crippen LogP contribution in [0.4, 0.5) is 12.9 Å². The zero-order valence-electron chi connectivity index (χ0n) is 6.55. The molecule has 2 heterocycles. The smallest absolute Gasteiger partial charge is 0.448 e. The zero-order valence-corrected chi connectivity index (χ0v) is 7.37. The second-order valence-electron chi connectivity index (χ2n) is 3.51. The Balaban J connectivity index is 1.91.